The van der Waals surface area contributed by atoms with Crippen LogP contribution in [0.1, 0.15) is 11.6 Å². The van der Waals surface area contributed by atoms with E-state index in [1.165, 1.54) is 24.3 Å². The van der Waals surface area contributed by atoms with Crippen LogP contribution in [-0.4, -0.2) is 19.6 Å². The van der Waals surface area contributed by atoms with E-state index in [1.807, 2.05) is 0 Å². The fourth-order valence-electron chi connectivity index (χ4n) is 1.09. The lowest BCUT2D eigenvalue weighted by Crippen LogP contribution is -2.19. The quantitative estimate of drug-likeness (QED) is 0.823. The van der Waals surface area contributed by atoms with Crippen molar-refractivity contribution in [3.05, 3.63) is 35.6 Å². The molecule has 0 heterocycles. The second-order valence-electron chi connectivity index (χ2n) is 3.09. The Balaban J connectivity index is 2.40. The van der Waals surface area contributed by atoms with Crippen molar-refractivity contribution >= 4 is 0 Å². The van der Waals surface area contributed by atoms with Crippen molar-refractivity contribution in [2.24, 2.45) is 5.73 Å². The second-order valence-corrected chi connectivity index (χ2v) is 3.09. The summed E-state index contributed by atoms with van der Waals surface area (Å²) in [5.41, 5.74) is 6.30. The van der Waals surface area contributed by atoms with Crippen molar-refractivity contribution < 1.29 is 17.9 Å². The van der Waals surface area contributed by atoms with Gasteiger partial charge in [0.25, 0.3) is 6.43 Å². The van der Waals surface area contributed by atoms with Gasteiger partial charge in [-0.15, -0.1) is 0 Å². The van der Waals surface area contributed by atoms with E-state index in [-0.39, 0.29) is 12.4 Å². The number of halogens is 3. The minimum Gasteiger partial charge on any atom is -0.374 e. The van der Waals surface area contributed by atoms with Crippen LogP contribution in [0.2, 0.25) is 0 Å². The molecule has 1 unspecified atom stereocenters. The molecule has 0 amide bonds. The molecule has 5 heteroatoms. The van der Waals surface area contributed by atoms with Gasteiger partial charge < -0.3 is 10.5 Å². The summed E-state index contributed by atoms with van der Waals surface area (Å²) in [7, 11) is 0. The number of hydrogen-bond acceptors (Lipinski definition) is 2. The number of benzene rings is 1. The highest BCUT2D eigenvalue weighted by Crippen LogP contribution is 2.11. The van der Waals surface area contributed by atoms with E-state index in [1.54, 1.807) is 0 Å². The Hall–Kier alpha value is -1.07. The summed E-state index contributed by atoms with van der Waals surface area (Å²) in [6.45, 7) is -0.634. The molecule has 2 nitrogen and oxygen atoms in total. The molecule has 1 rings (SSSR count). The summed E-state index contributed by atoms with van der Waals surface area (Å²) in [4.78, 5) is 0. The number of hydrogen-bond donors (Lipinski definition) is 1. The molecule has 0 aliphatic rings. The molecule has 1 aromatic carbocycles. The van der Waals surface area contributed by atoms with Gasteiger partial charge in [0, 0.05) is 0 Å². The number of nitrogens with two attached hydrogens (primary N) is 1. The molecule has 0 saturated carbocycles. The molecular weight excluding hydrogens is 207 g/mol. The van der Waals surface area contributed by atoms with Crippen molar-refractivity contribution in [1.82, 2.24) is 0 Å². The van der Waals surface area contributed by atoms with Gasteiger partial charge >= 0.3 is 0 Å². The van der Waals surface area contributed by atoms with Gasteiger partial charge in [0.15, 0.2) is 0 Å². The van der Waals surface area contributed by atoms with Crippen molar-refractivity contribution in [2.75, 3.05) is 13.2 Å². The van der Waals surface area contributed by atoms with Crippen LogP contribution in [0.5, 0.6) is 0 Å². The van der Waals surface area contributed by atoms with E-state index in [2.05, 4.69) is 4.74 Å². The summed E-state index contributed by atoms with van der Waals surface area (Å²) in [5, 5.41) is 0. The van der Waals surface area contributed by atoms with Crippen molar-refractivity contribution in [3.63, 3.8) is 0 Å². The molecule has 0 bridgehead atoms. The third-order valence-corrected chi connectivity index (χ3v) is 1.84. The first-order valence-corrected chi connectivity index (χ1v) is 4.46. The normalized spacial score (nSPS) is 13.1. The van der Waals surface area contributed by atoms with Crippen LogP contribution in [0.15, 0.2) is 24.3 Å². The molecule has 15 heavy (non-hydrogen) atoms. The molecule has 1 atom stereocenters. The summed E-state index contributed by atoms with van der Waals surface area (Å²) in [6, 6.07) is 5.03. The van der Waals surface area contributed by atoms with Gasteiger partial charge in [0.2, 0.25) is 0 Å². The molecule has 0 radical (unpaired) electrons. The number of ether oxygens (including phenoxy) is 1. The molecule has 1 aromatic rings. The van der Waals surface area contributed by atoms with Crippen LogP contribution in [0, 0.1) is 5.82 Å². The zero-order chi connectivity index (χ0) is 11.3. The molecular formula is C10H12F3NO. The lowest BCUT2D eigenvalue weighted by atomic mass is 10.1. The molecule has 2 N–H and O–H groups in total. The van der Waals surface area contributed by atoms with Crippen LogP contribution in [-0.2, 0) is 4.74 Å². The van der Waals surface area contributed by atoms with Gasteiger partial charge in [0.05, 0.1) is 12.6 Å². The minimum absolute atomic E-state index is 0.00400. The SMILES string of the molecule is NC(COCC(F)F)c1ccc(F)cc1. The molecule has 0 aromatic heterocycles. The minimum atomic E-state index is -2.49. The second kappa shape index (κ2) is 5.72. The standard InChI is InChI=1S/C10H12F3NO/c11-8-3-1-7(2-4-8)9(14)5-15-6-10(12)13/h1-4,9-10H,5-6,14H2. The van der Waals surface area contributed by atoms with Crippen LogP contribution < -0.4 is 5.73 Å². The Labute approximate surface area is 85.8 Å². The highest BCUT2D eigenvalue weighted by Gasteiger charge is 2.08. The van der Waals surface area contributed by atoms with Crippen LogP contribution in [0.4, 0.5) is 13.2 Å². The summed E-state index contributed by atoms with van der Waals surface area (Å²) in [5.74, 6) is -0.362. The first-order chi connectivity index (χ1) is 7.09. The molecule has 84 valence electrons. The fraction of sp³-hybridized carbons (Fsp3) is 0.400. The van der Waals surface area contributed by atoms with E-state index in [9.17, 15) is 13.2 Å². The van der Waals surface area contributed by atoms with Gasteiger partial charge in [-0.1, -0.05) is 12.1 Å². The third kappa shape index (κ3) is 4.31. The van der Waals surface area contributed by atoms with Crippen LogP contribution >= 0.6 is 0 Å². The first kappa shape index (κ1) is 12.0. The van der Waals surface area contributed by atoms with Crippen LogP contribution in [0.25, 0.3) is 0 Å². The highest BCUT2D eigenvalue weighted by atomic mass is 19.3. The topological polar surface area (TPSA) is 35.2 Å². The fourth-order valence-corrected chi connectivity index (χ4v) is 1.09. The van der Waals surface area contributed by atoms with E-state index in [4.69, 9.17) is 5.73 Å². The molecule has 0 aliphatic heterocycles. The highest BCUT2D eigenvalue weighted by molar-refractivity contribution is 5.19. The van der Waals surface area contributed by atoms with Gasteiger partial charge in [0.1, 0.15) is 12.4 Å². The van der Waals surface area contributed by atoms with E-state index < -0.39 is 19.1 Å². The monoisotopic (exact) mass is 219 g/mol. The Morgan fingerprint density at radius 1 is 1.13 bits per heavy atom. The maximum absolute atomic E-state index is 12.5. The summed E-state index contributed by atoms with van der Waals surface area (Å²) < 4.78 is 40.7. The molecule has 0 aliphatic carbocycles. The zero-order valence-corrected chi connectivity index (χ0v) is 8.00. The lowest BCUT2D eigenvalue weighted by molar-refractivity contribution is 0.0125. The predicted octanol–water partition coefficient (Wildman–Crippen LogP) is 2.11. The molecule has 0 saturated heterocycles. The van der Waals surface area contributed by atoms with E-state index >= 15 is 0 Å². The Bertz CT molecular complexity index is 289. The van der Waals surface area contributed by atoms with Crippen molar-refractivity contribution in [2.45, 2.75) is 12.5 Å². The lowest BCUT2D eigenvalue weighted by Gasteiger charge is -2.12. The van der Waals surface area contributed by atoms with Crippen molar-refractivity contribution in [1.29, 1.82) is 0 Å². The van der Waals surface area contributed by atoms with Crippen LogP contribution in [0.3, 0.4) is 0 Å². The van der Waals surface area contributed by atoms with E-state index in [0.717, 1.165) is 0 Å². The Morgan fingerprint density at radius 3 is 2.27 bits per heavy atom. The maximum Gasteiger partial charge on any atom is 0.261 e. The first-order valence-electron chi connectivity index (χ1n) is 4.46. The molecule has 0 fully saturated rings. The third-order valence-electron chi connectivity index (χ3n) is 1.84. The predicted molar refractivity (Wildman–Crippen MR) is 50.2 cm³/mol. The van der Waals surface area contributed by atoms with Gasteiger partial charge in [-0.3, -0.25) is 0 Å². The maximum atomic E-state index is 12.5. The smallest absolute Gasteiger partial charge is 0.261 e. The Kier molecular flexibility index (Phi) is 4.58. The Morgan fingerprint density at radius 2 is 1.73 bits per heavy atom. The average Bonchev–Trinajstić information content (AvgIpc) is 2.18. The van der Waals surface area contributed by atoms with Gasteiger partial charge in [-0.2, -0.15) is 0 Å². The number of alkyl halides is 2. The average molecular weight is 219 g/mol. The largest absolute Gasteiger partial charge is 0.374 e. The van der Waals surface area contributed by atoms with Crippen molar-refractivity contribution in [3.8, 4) is 0 Å². The van der Waals surface area contributed by atoms with Gasteiger partial charge in [-0.25, -0.2) is 13.2 Å². The summed E-state index contributed by atoms with van der Waals surface area (Å²) in [6.07, 6.45) is -2.49. The molecule has 0 spiro atoms. The van der Waals surface area contributed by atoms with Gasteiger partial charge in [-0.05, 0) is 17.7 Å². The van der Waals surface area contributed by atoms with E-state index in [0.29, 0.717) is 5.56 Å². The zero-order valence-electron chi connectivity index (χ0n) is 8.00. The number of rotatable bonds is 5. The summed E-state index contributed by atoms with van der Waals surface area (Å²) >= 11 is 0.